The molecule has 2 unspecified atom stereocenters. The van der Waals surface area contributed by atoms with Gasteiger partial charge in [0.25, 0.3) is 0 Å². The third kappa shape index (κ3) is 1.69. The van der Waals surface area contributed by atoms with E-state index in [4.69, 9.17) is 0 Å². The van der Waals surface area contributed by atoms with E-state index >= 15 is 0 Å². The largest absolute Gasteiger partial charge is 0.175 e. The maximum Gasteiger partial charge on any atom is 0.00682 e. The van der Waals surface area contributed by atoms with Crippen LogP contribution in [0.15, 0.2) is 0 Å². The molecule has 0 aromatic carbocycles. The minimum absolute atomic E-state index is 0.649. The van der Waals surface area contributed by atoms with Gasteiger partial charge in [0, 0.05) is 5.25 Å². The Morgan fingerprint density at radius 1 is 1.00 bits per heavy atom. The lowest BCUT2D eigenvalue weighted by molar-refractivity contribution is 0.245. The minimum atomic E-state index is 0.649. The first-order chi connectivity index (χ1) is 4.61. The zero-order valence-electron chi connectivity index (χ0n) is 7.17. The molecule has 2 atom stereocenters. The maximum atomic E-state index is 4.59. The first-order valence-corrected chi connectivity index (χ1v) is 4.81. The maximum absolute atomic E-state index is 4.59. The third-order valence-corrected chi connectivity index (χ3v) is 3.73. The van der Waals surface area contributed by atoms with Gasteiger partial charge in [-0.1, -0.05) is 20.8 Å². The quantitative estimate of drug-likeness (QED) is 0.515. The molecule has 1 aliphatic carbocycles. The van der Waals surface area contributed by atoms with Crippen molar-refractivity contribution in [2.75, 3.05) is 0 Å². The Morgan fingerprint density at radius 2 is 1.40 bits per heavy atom. The van der Waals surface area contributed by atoms with E-state index in [1.54, 1.807) is 0 Å². The van der Waals surface area contributed by atoms with Crippen LogP contribution in [0.2, 0.25) is 0 Å². The van der Waals surface area contributed by atoms with Gasteiger partial charge in [-0.3, -0.25) is 0 Å². The fraction of sp³-hybridized carbons (Fsp3) is 1.00. The van der Waals surface area contributed by atoms with Crippen molar-refractivity contribution < 1.29 is 0 Å². The SMILES string of the molecule is CC1CC(C)C(S)C(C)C1. The van der Waals surface area contributed by atoms with Gasteiger partial charge < -0.3 is 0 Å². The Hall–Kier alpha value is 0.350. The number of rotatable bonds is 0. The number of hydrogen-bond acceptors (Lipinski definition) is 1. The van der Waals surface area contributed by atoms with Crippen LogP contribution >= 0.6 is 12.6 Å². The van der Waals surface area contributed by atoms with Gasteiger partial charge in [0.15, 0.2) is 0 Å². The highest BCUT2D eigenvalue weighted by atomic mass is 32.1. The second kappa shape index (κ2) is 3.17. The Labute approximate surface area is 69.8 Å². The molecule has 0 aromatic heterocycles. The van der Waals surface area contributed by atoms with Crippen molar-refractivity contribution in [3.63, 3.8) is 0 Å². The van der Waals surface area contributed by atoms with E-state index in [-0.39, 0.29) is 0 Å². The Kier molecular flexibility index (Phi) is 2.67. The van der Waals surface area contributed by atoms with Gasteiger partial charge in [-0.25, -0.2) is 0 Å². The normalized spacial score (nSPS) is 49.2. The molecule has 1 fully saturated rings. The average molecular weight is 158 g/mol. The van der Waals surface area contributed by atoms with Gasteiger partial charge in [0.05, 0.1) is 0 Å². The zero-order chi connectivity index (χ0) is 7.72. The lowest BCUT2D eigenvalue weighted by atomic mass is 9.77. The average Bonchev–Trinajstić information content (AvgIpc) is 1.82. The van der Waals surface area contributed by atoms with Crippen LogP contribution in [0.4, 0.5) is 0 Å². The molecule has 0 heterocycles. The van der Waals surface area contributed by atoms with Gasteiger partial charge in [0.1, 0.15) is 0 Å². The summed E-state index contributed by atoms with van der Waals surface area (Å²) in [5, 5.41) is 0.649. The molecular weight excluding hydrogens is 140 g/mol. The standard InChI is InChI=1S/C9H18S/c1-6-4-7(2)9(10)8(3)5-6/h6-10H,4-5H2,1-3H3. The molecular formula is C9H18S. The minimum Gasteiger partial charge on any atom is -0.175 e. The first kappa shape index (κ1) is 8.45. The summed E-state index contributed by atoms with van der Waals surface area (Å²) in [5.74, 6) is 2.57. The van der Waals surface area contributed by atoms with Crippen molar-refractivity contribution in [2.24, 2.45) is 17.8 Å². The first-order valence-electron chi connectivity index (χ1n) is 4.29. The van der Waals surface area contributed by atoms with Crippen LogP contribution in [0, 0.1) is 17.8 Å². The van der Waals surface area contributed by atoms with Crippen molar-refractivity contribution in [2.45, 2.75) is 38.9 Å². The summed E-state index contributed by atoms with van der Waals surface area (Å²) < 4.78 is 0. The van der Waals surface area contributed by atoms with Gasteiger partial charge in [0.2, 0.25) is 0 Å². The molecule has 0 saturated heterocycles. The fourth-order valence-electron chi connectivity index (χ4n) is 2.21. The molecule has 0 nitrogen and oxygen atoms in total. The second-order valence-corrected chi connectivity index (χ2v) is 4.62. The van der Waals surface area contributed by atoms with E-state index in [0.717, 1.165) is 17.8 Å². The molecule has 0 bridgehead atoms. The molecule has 0 radical (unpaired) electrons. The summed E-state index contributed by atoms with van der Waals surface area (Å²) >= 11 is 4.59. The number of thiol groups is 1. The van der Waals surface area contributed by atoms with Gasteiger partial charge >= 0.3 is 0 Å². The van der Waals surface area contributed by atoms with Crippen LogP contribution in [0.5, 0.6) is 0 Å². The van der Waals surface area contributed by atoms with Crippen LogP contribution in [0.3, 0.4) is 0 Å². The Bertz CT molecular complexity index is 99.3. The fourth-order valence-corrected chi connectivity index (χ4v) is 2.45. The predicted molar refractivity (Wildman–Crippen MR) is 49.5 cm³/mol. The van der Waals surface area contributed by atoms with Gasteiger partial charge in [-0.2, -0.15) is 12.6 Å². The van der Waals surface area contributed by atoms with Crippen molar-refractivity contribution in [1.82, 2.24) is 0 Å². The van der Waals surface area contributed by atoms with Crippen LogP contribution < -0.4 is 0 Å². The highest BCUT2D eigenvalue weighted by molar-refractivity contribution is 7.81. The van der Waals surface area contributed by atoms with Crippen molar-refractivity contribution in [3.05, 3.63) is 0 Å². The molecule has 0 spiro atoms. The Balaban J connectivity index is 2.49. The molecule has 0 aliphatic heterocycles. The van der Waals surface area contributed by atoms with E-state index in [0.29, 0.717) is 5.25 Å². The van der Waals surface area contributed by atoms with E-state index in [1.165, 1.54) is 12.8 Å². The lowest BCUT2D eigenvalue weighted by Gasteiger charge is -2.34. The molecule has 1 heteroatoms. The lowest BCUT2D eigenvalue weighted by Crippen LogP contribution is -2.29. The molecule has 60 valence electrons. The Morgan fingerprint density at radius 3 is 1.80 bits per heavy atom. The second-order valence-electron chi connectivity index (χ2n) is 4.02. The third-order valence-electron chi connectivity index (χ3n) is 2.71. The van der Waals surface area contributed by atoms with E-state index in [2.05, 4.69) is 33.4 Å². The molecule has 0 N–H and O–H groups in total. The van der Waals surface area contributed by atoms with Crippen LogP contribution in [-0.4, -0.2) is 5.25 Å². The van der Waals surface area contributed by atoms with Gasteiger partial charge in [-0.15, -0.1) is 0 Å². The summed E-state index contributed by atoms with van der Waals surface area (Å²) in [6.07, 6.45) is 2.75. The predicted octanol–water partition coefficient (Wildman–Crippen LogP) is 2.99. The summed E-state index contributed by atoms with van der Waals surface area (Å²) in [7, 11) is 0. The van der Waals surface area contributed by atoms with Crippen LogP contribution in [0.1, 0.15) is 33.6 Å². The van der Waals surface area contributed by atoms with Crippen LogP contribution in [-0.2, 0) is 0 Å². The van der Waals surface area contributed by atoms with E-state index in [9.17, 15) is 0 Å². The molecule has 1 rings (SSSR count). The summed E-state index contributed by atoms with van der Waals surface area (Å²) in [6.45, 7) is 7.00. The van der Waals surface area contributed by atoms with E-state index < -0.39 is 0 Å². The van der Waals surface area contributed by atoms with Gasteiger partial charge in [-0.05, 0) is 30.6 Å². The molecule has 1 aliphatic rings. The summed E-state index contributed by atoms with van der Waals surface area (Å²) in [4.78, 5) is 0. The number of hydrogen-bond donors (Lipinski definition) is 1. The molecule has 0 amide bonds. The van der Waals surface area contributed by atoms with Crippen molar-refractivity contribution in [1.29, 1.82) is 0 Å². The molecule has 10 heavy (non-hydrogen) atoms. The summed E-state index contributed by atoms with van der Waals surface area (Å²) in [6, 6.07) is 0. The van der Waals surface area contributed by atoms with Crippen LogP contribution in [0.25, 0.3) is 0 Å². The highest BCUT2D eigenvalue weighted by Crippen LogP contribution is 2.35. The van der Waals surface area contributed by atoms with Crippen molar-refractivity contribution in [3.8, 4) is 0 Å². The molecule has 0 aromatic rings. The monoisotopic (exact) mass is 158 g/mol. The van der Waals surface area contributed by atoms with E-state index in [1.807, 2.05) is 0 Å². The summed E-state index contributed by atoms with van der Waals surface area (Å²) in [5.41, 5.74) is 0. The topological polar surface area (TPSA) is 0 Å². The highest BCUT2D eigenvalue weighted by Gasteiger charge is 2.28. The smallest absolute Gasteiger partial charge is 0.00682 e. The zero-order valence-corrected chi connectivity index (χ0v) is 8.07. The van der Waals surface area contributed by atoms with Crippen molar-refractivity contribution >= 4 is 12.6 Å². The molecule has 1 saturated carbocycles.